The van der Waals surface area contributed by atoms with Gasteiger partial charge in [0.2, 0.25) is 0 Å². The molecule has 5 nitrogen and oxygen atoms in total. The fraction of sp³-hybridized carbons (Fsp3) is 0.158. The first-order valence-electron chi connectivity index (χ1n) is 7.93. The normalized spacial score (nSPS) is 15.5. The summed E-state index contributed by atoms with van der Waals surface area (Å²) in [5, 5.41) is 15.8. The number of halogens is 2. The highest BCUT2D eigenvalue weighted by atomic mass is 79.9. The Morgan fingerprint density at radius 2 is 2.00 bits per heavy atom. The van der Waals surface area contributed by atoms with Gasteiger partial charge in [-0.2, -0.15) is 10.1 Å². The van der Waals surface area contributed by atoms with Gasteiger partial charge in [-0.25, -0.2) is 0 Å². The molecule has 2 aromatic rings. The lowest BCUT2D eigenvalue weighted by Crippen LogP contribution is -2.21. The van der Waals surface area contributed by atoms with Crippen molar-refractivity contribution in [3.05, 3.63) is 57.0 Å². The molecule has 0 saturated carbocycles. The molecule has 1 aliphatic heterocycles. The van der Waals surface area contributed by atoms with Crippen LogP contribution < -0.4 is 9.75 Å². The zero-order valence-corrected chi connectivity index (χ0v) is 16.5. The highest BCUT2D eigenvalue weighted by Gasteiger charge is 2.28. The molecule has 1 aliphatic rings. The lowest BCUT2D eigenvalue weighted by atomic mass is 10.1. The molecular formula is C19H16BrClN2O3. The predicted molar refractivity (Wildman–Crippen MR) is 107 cm³/mol. The van der Waals surface area contributed by atoms with E-state index in [1.54, 1.807) is 25.1 Å². The number of aromatic hydroxyl groups is 1. The van der Waals surface area contributed by atoms with Crippen LogP contribution in [0.2, 0.25) is 5.02 Å². The average molecular weight is 436 g/mol. The monoisotopic (exact) mass is 434 g/mol. The van der Waals surface area contributed by atoms with Crippen molar-refractivity contribution in [3.63, 3.8) is 0 Å². The molecule has 7 heteroatoms. The second-order valence-corrected chi connectivity index (χ2v) is 6.94. The number of anilines is 1. The molecule has 0 saturated heterocycles. The first-order chi connectivity index (χ1) is 12.4. The van der Waals surface area contributed by atoms with Crippen LogP contribution in [-0.4, -0.2) is 23.3 Å². The molecule has 0 fully saturated rings. The summed E-state index contributed by atoms with van der Waals surface area (Å²) in [7, 11) is 0. The van der Waals surface area contributed by atoms with E-state index >= 15 is 0 Å². The van der Waals surface area contributed by atoms with E-state index in [9.17, 15) is 9.90 Å². The van der Waals surface area contributed by atoms with Crippen molar-refractivity contribution < 1.29 is 14.6 Å². The molecule has 0 radical (unpaired) electrons. The number of benzene rings is 2. The number of ether oxygens (including phenoxy) is 1. The molecule has 26 heavy (non-hydrogen) atoms. The van der Waals surface area contributed by atoms with Crippen molar-refractivity contribution in [3.8, 4) is 11.5 Å². The summed E-state index contributed by atoms with van der Waals surface area (Å²) in [6, 6.07) is 10.5. The number of rotatable bonds is 4. The Bertz CT molecular complexity index is 923. The summed E-state index contributed by atoms with van der Waals surface area (Å²) in [6.07, 6.45) is 1.69. The summed E-state index contributed by atoms with van der Waals surface area (Å²) in [5.41, 5.74) is 2.38. The molecule has 0 unspecified atom stereocenters. The average Bonchev–Trinajstić information content (AvgIpc) is 2.88. The summed E-state index contributed by atoms with van der Waals surface area (Å²) in [4.78, 5) is 12.8. The zero-order chi connectivity index (χ0) is 18.8. The quantitative estimate of drug-likeness (QED) is 0.687. The number of hydrogen-bond donors (Lipinski definition) is 1. The van der Waals surface area contributed by atoms with Crippen LogP contribution in [0.15, 0.2) is 51.5 Å². The van der Waals surface area contributed by atoms with E-state index in [4.69, 9.17) is 16.3 Å². The van der Waals surface area contributed by atoms with E-state index in [2.05, 4.69) is 21.0 Å². The number of carbonyl (C=O) groups excluding carboxylic acids is 1. The van der Waals surface area contributed by atoms with Gasteiger partial charge in [0.15, 0.2) is 11.5 Å². The predicted octanol–water partition coefficient (Wildman–Crippen LogP) is 5.01. The molecule has 0 spiro atoms. The topological polar surface area (TPSA) is 62.1 Å². The van der Waals surface area contributed by atoms with Gasteiger partial charge in [0.25, 0.3) is 5.91 Å². The van der Waals surface area contributed by atoms with Crippen LogP contribution in [0.4, 0.5) is 5.69 Å². The smallest absolute Gasteiger partial charge is 0.280 e. The van der Waals surface area contributed by atoms with Gasteiger partial charge in [0.05, 0.1) is 28.6 Å². The molecule has 0 atom stereocenters. The van der Waals surface area contributed by atoms with E-state index in [-0.39, 0.29) is 22.4 Å². The fourth-order valence-corrected chi connectivity index (χ4v) is 3.03. The Hall–Kier alpha value is -2.31. The van der Waals surface area contributed by atoms with Gasteiger partial charge in [-0.05, 0) is 61.9 Å². The Morgan fingerprint density at radius 3 is 2.65 bits per heavy atom. The number of amides is 1. The van der Waals surface area contributed by atoms with Crippen LogP contribution in [0.25, 0.3) is 6.08 Å². The summed E-state index contributed by atoms with van der Waals surface area (Å²) in [5.74, 6) is -0.0704. The van der Waals surface area contributed by atoms with Crippen molar-refractivity contribution in [1.29, 1.82) is 0 Å². The van der Waals surface area contributed by atoms with Gasteiger partial charge >= 0.3 is 0 Å². The highest BCUT2D eigenvalue weighted by Crippen LogP contribution is 2.36. The van der Waals surface area contributed by atoms with E-state index in [1.807, 2.05) is 31.2 Å². The Kier molecular flexibility index (Phi) is 5.34. The number of phenolic OH excluding ortho intramolecular Hbond substituents is 1. The van der Waals surface area contributed by atoms with Crippen LogP contribution in [0.5, 0.6) is 11.5 Å². The molecule has 0 bridgehead atoms. The van der Waals surface area contributed by atoms with Crippen molar-refractivity contribution in [2.75, 3.05) is 11.6 Å². The lowest BCUT2D eigenvalue weighted by Gasteiger charge is -2.12. The Balaban J connectivity index is 1.96. The minimum atomic E-state index is -0.230. The third kappa shape index (κ3) is 3.61. The zero-order valence-electron chi connectivity index (χ0n) is 14.2. The van der Waals surface area contributed by atoms with Gasteiger partial charge < -0.3 is 9.84 Å². The fourth-order valence-electron chi connectivity index (χ4n) is 2.55. The second-order valence-electron chi connectivity index (χ2n) is 5.62. The van der Waals surface area contributed by atoms with Gasteiger partial charge in [-0.1, -0.05) is 27.5 Å². The largest absolute Gasteiger partial charge is 0.503 e. The third-order valence-corrected chi connectivity index (χ3v) is 4.61. The summed E-state index contributed by atoms with van der Waals surface area (Å²) in [6.45, 7) is 3.97. The molecule has 2 aromatic carbocycles. The first kappa shape index (κ1) is 18.5. The molecule has 0 aliphatic carbocycles. The SMILES string of the molecule is CCOc1cc(/C=C2\C(=O)N(c3ccc(Br)cc3)N=C2C)cc(Cl)c1O. The highest BCUT2D eigenvalue weighted by molar-refractivity contribution is 9.10. The molecule has 1 heterocycles. The number of phenols is 1. The summed E-state index contributed by atoms with van der Waals surface area (Å²) < 4.78 is 6.31. The van der Waals surface area contributed by atoms with Gasteiger partial charge in [0, 0.05) is 4.47 Å². The van der Waals surface area contributed by atoms with E-state index in [0.29, 0.717) is 29.1 Å². The van der Waals surface area contributed by atoms with Gasteiger partial charge in [0.1, 0.15) is 0 Å². The van der Waals surface area contributed by atoms with Crippen molar-refractivity contribution in [2.24, 2.45) is 5.10 Å². The molecule has 1 amide bonds. The van der Waals surface area contributed by atoms with E-state index in [1.165, 1.54) is 5.01 Å². The molecule has 134 valence electrons. The molecule has 3 rings (SSSR count). The maximum Gasteiger partial charge on any atom is 0.280 e. The van der Waals surface area contributed by atoms with Crippen molar-refractivity contribution in [2.45, 2.75) is 13.8 Å². The van der Waals surface area contributed by atoms with E-state index < -0.39 is 0 Å². The number of carbonyl (C=O) groups is 1. The van der Waals surface area contributed by atoms with E-state index in [0.717, 1.165) is 4.47 Å². The number of nitrogens with zero attached hydrogens (tertiary/aromatic N) is 2. The number of hydrazone groups is 1. The van der Waals surface area contributed by atoms with Gasteiger partial charge in [-0.3, -0.25) is 4.79 Å². The standard InChI is InChI=1S/C19H16BrClN2O3/c1-3-26-17-10-12(9-16(21)18(17)24)8-15-11(2)22-23(19(15)25)14-6-4-13(20)5-7-14/h4-10,24H,3H2,1-2H3/b15-8-. The Labute approximate surface area is 164 Å². The number of hydrogen-bond acceptors (Lipinski definition) is 4. The van der Waals surface area contributed by atoms with Crippen LogP contribution in [0.3, 0.4) is 0 Å². The molecule has 0 aromatic heterocycles. The van der Waals surface area contributed by atoms with Crippen LogP contribution in [-0.2, 0) is 4.79 Å². The second kappa shape index (κ2) is 7.51. The maximum absolute atomic E-state index is 12.8. The summed E-state index contributed by atoms with van der Waals surface area (Å²) >= 11 is 9.44. The minimum Gasteiger partial charge on any atom is -0.503 e. The van der Waals surface area contributed by atoms with Crippen LogP contribution in [0.1, 0.15) is 19.4 Å². The lowest BCUT2D eigenvalue weighted by molar-refractivity contribution is -0.114. The maximum atomic E-state index is 12.8. The van der Waals surface area contributed by atoms with Crippen LogP contribution in [0, 0.1) is 0 Å². The van der Waals surface area contributed by atoms with Crippen molar-refractivity contribution in [1.82, 2.24) is 0 Å². The van der Waals surface area contributed by atoms with Crippen molar-refractivity contribution >= 4 is 50.9 Å². The Morgan fingerprint density at radius 1 is 1.31 bits per heavy atom. The van der Waals surface area contributed by atoms with Gasteiger partial charge in [-0.15, -0.1) is 0 Å². The minimum absolute atomic E-state index is 0.115. The first-order valence-corrected chi connectivity index (χ1v) is 9.10. The van der Waals surface area contributed by atoms with Crippen LogP contribution >= 0.6 is 27.5 Å². The third-order valence-electron chi connectivity index (χ3n) is 3.80. The molecule has 1 N–H and O–H groups in total. The molecular weight excluding hydrogens is 420 g/mol.